The maximum absolute atomic E-state index is 11.5. The van der Waals surface area contributed by atoms with Crippen LogP contribution in [-0.4, -0.2) is 15.6 Å². The Bertz CT molecular complexity index is 510. The summed E-state index contributed by atoms with van der Waals surface area (Å²) < 4.78 is 0. The second kappa shape index (κ2) is 4.69. The zero-order valence-corrected chi connectivity index (χ0v) is 9.30. The lowest BCUT2D eigenvalue weighted by Crippen LogP contribution is -2.05. The minimum atomic E-state index is -0.751. The van der Waals surface area contributed by atoms with Crippen molar-refractivity contribution in [1.82, 2.24) is 0 Å². The highest BCUT2D eigenvalue weighted by molar-refractivity contribution is 5.98. The molecule has 0 amide bonds. The van der Waals surface area contributed by atoms with Gasteiger partial charge in [-0.05, 0) is 6.92 Å². The quantitative estimate of drug-likeness (QED) is 0.455. The van der Waals surface area contributed by atoms with Gasteiger partial charge in [0.25, 0.3) is 11.4 Å². The lowest BCUT2D eigenvalue weighted by atomic mass is 10.0. The molecule has 0 radical (unpaired) electrons. The number of carbonyl (C=O) groups is 1. The molecule has 0 bridgehead atoms. The predicted molar refractivity (Wildman–Crippen MR) is 59.1 cm³/mol. The van der Waals surface area contributed by atoms with Crippen molar-refractivity contribution in [2.75, 3.05) is 0 Å². The lowest BCUT2D eigenvalue weighted by Gasteiger charge is -2.04. The molecule has 0 aliphatic rings. The molecular weight excluding hydrogens is 228 g/mol. The Kier molecular flexibility index (Phi) is 3.52. The van der Waals surface area contributed by atoms with Gasteiger partial charge in [-0.1, -0.05) is 6.92 Å². The molecule has 0 saturated heterocycles. The van der Waals surface area contributed by atoms with Crippen LogP contribution in [0.15, 0.2) is 12.1 Å². The van der Waals surface area contributed by atoms with E-state index in [-0.39, 0.29) is 23.3 Å². The van der Waals surface area contributed by atoms with Crippen LogP contribution < -0.4 is 0 Å². The molecule has 0 heterocycles. The first kappa shape index (κ1) is 12.8. The van der Waals surface area contributed by atoms with Crippen LogP contribution in [0.4, 0.5) is 11.4 Å². The number of ketones is 1. The number of rotatable bonds is 4. The Morgan fingerprint density at radius 2 is 1.82 bits per heavy atom. The van der Waals surface area contributed by atoms with E-state index in [0.29, 0.717) is 0 Å². The molecule has 0 unspecified atom stereocenters. The summed E-state index contributed by atoms with van der Waals surface area (Å²) in [6.45, 7) is 3.00. The van der Waals surface area contributed by atoms with E-state index >= 15 is 0 Å². The van der Waals surface area contributed by atoms with E-state index in [0.717, 1.165) is 12.1 Å². The van der Waals surface area contributed by atoms with Gasteiger partial charge in [-0.3, -0.25) is 25.0 Å². The second-order valence-corrected chi connectivity index (χ2v) is 3.43. The molecule has 7 nitrogen and oxygen atoms in total. The summed E-state index contributed by atoms with van der Waals surface area (Å²) in [5, 5.41) is 21.4. The summed E-state index contributed by atoms with van der Waals surface area (Å²) in [6.07, 6.45) is 0.138. The van der Waals surface area contributed by atoms with E-state index in [1.165, 1.54) is 6.92 Å². The summed E-state index contributed by atoms with van der Waals surface area (Å²) in [4.78, 5) is 31.4. The van der Waals surface area contributed by atoms with Gasteiger partial charge < -0.3 is 0 Å². The van der Waals surface area contributed by atoms with Gasteiger partial charge in [0, 0.05) is 23.6 Å². The first-order chi connectivity index (χ1) is 7.88. The summed E-state index contributed by atoms with van der Waals surface area (Å²) in [5.41, 5.74) is -0.657. The van der Waals surface area contributed by atoms with Crippen molar-refractivity contribution in [2.24, 2.45) is 0 Å². The van der Waals surface area contributed by atoms with Crippen LogP contribution in [0.2, 0.25) is 0 Å². The molecular formula is C10H10N2O5. The van der Waals surface area contributed by atoms with Crippen molar-refractivity contribution in [3.05, 3.63) is 43.5 Å². The first-order valence-corrected chi connectivity index (χ1v) is 4.85. The third-order valence-corrected chi connectivity index (χ3v) is 2.39. The lowest BCUT2D eigenvalue weighted by molar-refractivity contribution is -0.394. The van der Waals surface area contributed by atoms with Gasteiger partial charge in [-0.25, -0.2) is 0 Å². The molecule has 0 aromatic heterocycles. The fraction of sp³-hybridized carbons (Fsp3) is 0.300. The van der Waals surface area contributed by atoms with Gasteiger partial charge in [0.1, 0.15) is 0 Å². The van der Waals surface area contributed by atoms with E-state index in [9.17, 15) is 25.0 Å². The van der Waals surface area contributed by atoms with Crippen LogP contribution >= 0.6 is 0 Å². The van der Waals surface area contributed by atoms with Gasteiger partial charge in [-0.2, -0.15) is 0 Å². The number of nitrogens with zero attached hydrogens (tertiary/aromatic N) is 2. The maximum atomic E-state index is 11.5. The Labute approximate surface area is 96.4 Å². The van der Waals surface area contributed by atoms with Crippen molar-refractivity contribution in [3.63, 3.8) is 0 Å². The number of non-ortho nitro benzene ring substituents is 1. The Morgan fingerprint density at radius 3 is 2.24 bits per heavy atom. The Morgan fingerprint density at radius 1 is 1.24 bits per heavy atom. The van der Waals surface area contributed by atoms with Gasteiger partial charge in [0.15, 0.2) is 5.78 Å². The van der Waals surface area contributed by atoms with Crippen LogP contribution in [-0.2, 0) is 0 Å². The highest BCUT2D eigenvalue weighted by Gasteiger charge is 2.23. The summed E-state index contributed by atoms with van der Waals surface area (Å²) in [5.74, 6) is -0.352. The molecule has 90 valence electrons. The normalized spacial score (nSPS) is 10.0. The minimum absolute atomic E-state index is 0.0356. The number of hydrogen-bond acceptors (Lipinski definition) is 5. The summed E-state index contributed by atoms with van der Waals surface area (Å²) in [7, 11) is 0. The molecule has 0 atom stereocenters. The molecule has 7 heteroatoms. The van der Waals surface area contributed by atoms with Gasteiger partial charge >= 0.3 is 0 Å². The van der Waals surface area contributed by atoms with Crippen LogP contribution in [0.25, 0.3) is 0 Å². The zero-order chi connectivity index (χ0) is 13.2. The van der Waals surface area contributed by atoms with Crippen LogP contribution in [0, 0.1) is 27.2 Å². The van der Waals surface area contributed by atoms with E-state index < -0.39 is 21.2 Å². The molecule has 1 aromatic carbocycles. The summed E-state index contributed by atoms with van der Waals surface area (Å²) >= 11 is 0. The third kappa shape index (κ3) is 2.44. The minimum Gasteiger partial charge on any atom is -0.294 e. The smallest absolute Gasteiger partial charge is 0.279 e. The molecule has 17 heavy (non-hydrogen) atoms. The molecule has 0 aliphatic heterocycles. The zero-order valence-electron chi connectivity index (χ0n) is 9.30. The first-order valence-electron chi connectivity index (χ1n) is 4.85. The number of carbonyl (C=O) groups excluding carboxylic acids is 1. The molecule has 1 aromatic rings. The predicted octanol–water partition coefficient (Wildman–Crippen LogP) is 2.40. The maximum Gasteiger partial charge on any atom is 0.279 e. The number of Topliss-reactive ketones (excluding diaryl/α,β-unsaturated/α-hetero) is 1. The largest absolute Gasteiger partial charge is 0.294 e. The average molecular weight is 238 g/mol. The molecule has 0 spiro atoms. The second-order valence-electron chi connectivity index (χ2n) is 3.43. The molecule has 0 N–H and O–H groups in total. The third-order valence-electron chi connectivity index (χ3n) is 2.39. The highest BCUT2D eigenvalue weighted by Crippen LogP contribution is 2.28. The standard InChI is InChI=1S/C10H10N2O5/c1-3-10(13)8-4-7(11(14)15)5-9(6(8)2)12(16)17/h4-5H,3H2,1-2H3. The molecule has 0 fully saturated rings. The fourth-order valence-electron chi connectivity index (χ4n) is 1.46. The number of nitro groups is 2. The van der Waals surface area contributed by atoms with Crippen molar-refractivity contribution >= 4 is 17.2 Å². The van der Waals surface area contributed by atoms with Gasteiger partial charge in [0.05, 0.1) is 15.9 Å². The van der Waals surface area contributed by atoms with E-state index in [1.54, 1.807) is 6.92 Å². The molecule has 0 saturated carbocycles. The van der Waals surface area contributed by atoms with E-state index in [4.69, 9.17) is 0 Å². The van der Waals surface area contributed by atoms with Gasteiger partial charge in [0.2, 0.25) is 0 Å². The molecule has 0 aliphatic carbocycles. The number of benzene rings is 1. The summed E-state index contributed by atoms with van der Waals surface area (Å²) in [6, 6.07) is 1.94. The highest BCUT2D eigenvalue weighted by atomic mass is 16.6. The Balaban J connectivity index is 3.54. The number of hydrogen-bond donors (Lipinski definition) is 0. The van der Waals surface area contributed by atoms with Crippen molar-refractivity contribution in [2.45, 2.75) is 20.3 Å². The number of nitro benzene ring substituents is 2. The Hall–Kier alpha value is -2.31. The van der Waals surface area contributed by atoms with Crippen LogP contribution in [0.3, 0.4) is 0 Å². The van der Waals surface area contributed by atoms with Crippen LogP contribution in [0.1, 0.15) is 29.3 Å². The SMILES string of the molecule is CCC(=O)c1cc([N+](=O)[O-])cc([N+](=O)[O-])c1C. The van der Waals surface area contributed by atoms with Crippen molar-refractivity contribution in [3.8, 4) is 0 Å². The monoisotopic (exact) mass is 238 g/mol. The van der Waals surface area contributed by atoms with Crippen LogP contribution in [0.5, 0.6) is 0 Å². The van der Waals surface area contributed by atoms with Gasteiger partial charge in [-0.15, -0.1) is 0 Å². The average Bonchev–Trinajstić information content (AvgIpc) is 2.27. The topological polar surface area (TPSA) is 103 Å². The van der Waals surface area contributed by atoms with Crippen molar-refractivity contribution < 1.29 is 14.6 Å². The van der Waals surface area contributed by atoms with E-state index in [2.05, 4.69) is 0 Å². The fourth-order valence-corrected chi connectivity index (χ4v) is 1.46. The molecule has 1 rings (SSSR count). The van der Waals surface area contributed by atoms with E-state index in [1.807, 2.05) is 0 Å². The van der Waals surface area contributed by atoms with Crippen molar-refractivity contribution in [1.29, 1.82) is 0 Å².